The Morgan fingerprint density at radius 2 is 1.86 bits per heavy atom. The number of nitrogens with one attached hydrogen (secondary N) is 1. The summed E-state index contributed by atoms with van der Waals surface area (Å²) in [7, 11) is -0.708. The maximum atomic E-state index is 13.5. The van der Waals surface area contributed by atoms with Crippen molar-refractivity contribution in [3.63, 3.8) is 0 Å². The van der Waals surface area contributed by atoms with E-state index in [9.17, 15) is 18.0 Å². The predicted octanol–water partition coefficient (Wildman–Crippen LogP) is 2.00. The van der Waals surface area contributed by atoms with E-state index in [0.717, 1.165) is 9.21 Å². The molecule has 2 aromatic carbocycles. The minimum absolute atomic E-state index is 0.0664. The van der Waals surface area contributed by atoms with Crippen LogP contribution in [0.25, 0.3) is 11.0 Å². The van der Waals surface area contributed by atoms with E-state index < -0.39 is 27.5 Å². The fraction of sp³-hybridized carbons (Fsp3) is 0.348. The first kappa shape index (κ1) is 23.1. The summed E-state index contributed by atoms with van der Waals surface area (Å²) in [5.74, 6) is 1.14. The molecule has 1 aromatic heterocycles. The van der Waals surface area contributed by atoms with Gasteiger partial charge in [0, 0.05) is 20.6 Å². The normalized spacial score (nSPS) is 19.7. The lowest BCUT2D eigenvalue weighted by atomic mass is 9.91. The Bertz CT molecular complexity index is 1480. The monoisotopic (exact) mass is 499 g/mol. The van der Waals surface area contributed by atoms with Crippen LogP contribution in [0.15, 0.2) is 41.3 Å². The Morgan fingerprint density at radius 3 is 2.57 bits per heavy atom. The molecule has 3 amide bonds. The summed E-state index contributed by atoms with van der Waals surface area (Å²) in [6, 6.07) is 9.31. The van der Waals surface area contributed by atoms with Gasteiger partial charge in [-0.1, -0.05) is 6.07 Å². The zero-order valence-corrected chi connectivity index (χ0v) is 20.5. The Hall–Kier alpha value is -3.64. The number of urea groups is 1. The number of rotatable bonds is 6. The minimum Gasteiger partial charge on any atom is -0.454 e. The van der Waals surface area contributed by atoms with E-state index >= 15 is 0 Å². The molecule has 11 nitrogen and oxygen atoms in total. The number of aryl methyl sites for hydroxylation is 1. The van der Waals surface area contributed by atoms with E-state index in [1.54, 1.807) is 31.2 Å². The molecular weight excluding hydrogens is 474 g/mol. The van der Waals surface area contributed by atoms with Gasteiger partial charge in [-0.15, -0.1) is 0 Å². The van der Waals surface area contributed by atoms with Gasteiger partial charge >= 0.3 is 6.03 Å². The number of aromatic nitrogens is 2. The maximum absolute atomic E-state index is 13.5. The van der Waals surface area contributed by atoms with Crippen molar-refractivity contribution in [3.8, 4) is 11.5 Å². The Labute approximate surface area is 202 Å². The molecule has 0 unspecified atom stereocenters. The standard InChI is InChI=1S/C23H25N5O6S/c1-5-27-17-8-7-15(35(31,32)26(3)4)11-16(17)24-20(27)12-28-21(29)23(2,25-22(28)30)14-6-9-18-19(10-14)34-13-33-18/h6-11H,5,12-13H2,1-4H3,(H,25,30)/t23-/m0/s1. The number of carbonyl (C=O) groups is 2. The molecule has 0 bridgehead atoms. The summed E-state index contributed by atoms with van der Waals surface area (Å²) >= 11 is 0. The zero-order valence-electron chi connectivity index (χ0n) is 19.7. The van der Waals surface area contributed by atoms with Gasteiger partial charge in [-0.3, -0.25) is 9.69 Å². The van der Waals surface area contributed by atoms with Crippen molar-refractivity contribution >= 4 is 33.0 Å². The largest absolute Gasteiger partial charge is 0.454 e. The Morgan fingerprint density at radius 1 is 1.11 bits per heavy atom. The molecule has 3 aromatic rings. The highest BCUT2D eigenvalue weighted by molar-refractivity contribution is 7.89. The molecular formula is C23H25N5O6S. The predicted molar refractivity (Wildman–Crippen MR) is 125 cm³/mol. The van der Waals surface area contributed by atoms with E-state index in [2.05, 4.69) is 10.3 Å². The molecule has 1 atom stereocenters. The molecule has 0 spiro atoms. The maximum Gasteiger partial charge on any atom is 0.325 e. The van der Waals surface area contributed by atoms with Crippen molar-refractivity contribution < 1.29 is 27.5 Å². The van der Waals surface area contributed by atoms with Crippen molar-refractivity contribution in [2.45, 2.75) is 37.4 Å². The van der Waals surface area contributed by atoms with Crippen LogP contribution in [-0.2, 0) is 33.4 Å². The fourth-order valence-electron chi connectivity index (χ4n) is 4.39. The molecule has 0 radical (unpaired) electrons. The van der Waals surface area contributed by atoms with Gasteiger partial charge in [0.05, 0.1) is 22.5 Å². The highest BCUT2D eigenvalue weighted by atomic mass is 32.2. The molecule has 1 fully saturated rings. The third kappa shape index (κ3) is 3.51. The van der Waals surface area contributed by atoms with Crippen LogP contribution < -0.4 is 14.8 Å². The van der Waals surface area contributed by atoms with Crippen molar-refractivity contribution in [3.05, 3.63) is 47.8 Å². The van der Waals surface area contributed by atoms with E-state index in [1.807, 2.05) is 11.5 Å². The average molecular weight is 500 g/mol. The number of sulfonamides is 1. The van der Waals surface area contributed by atoms with E-state index in [0.29, 0.717) is 40.5 Å². The van der Waals surface area contributed by atoms with Crippen molar-refractivity contribution in [2.24, 2.45) is 0 Å². The lowest BCUT2D eigenvalue weighted by Gasteiger charge is -2.22. The van der Waals surface area contributed by atoms with Gasteiger partial charge in [0.2, 0.25) is 16.8 Å². The summed E-state index contributed by atoms with van der Waals surface area (Å²) in [5, 5.41) is 2.79. The molecule has 12 heteroatoms. The summed E-state index contributed by atoms with van der Waals surface area (Å²) in [6.45, 7) is 4.12. The third-order valence-electron chi connectivity index (χ3n) is 6.42. The molecule has 3 heterocycles. The average Bonchev–Trinajstić information content (AvgIpc) is 3.49. The van der Waals surface area contributed by atoms with Crippen LogP contribution in [0.5, 0.6) is 11.5 Å². The van der Waals surface area contributed by atoms with Gasteiger partial charge in [0.25, 0.3) is 5.91 Å². The summed E-state index contributed by atoms with van der Waals surface area (Å²) < 4.78 is 38.8. The van der Waals surface area contributed by atoms with Crippen molar-refractivity contribution in [1.29, 1.82) is 0 Å². The van der Waals surface area contributed by atoms with Crippen LogP contribution in [0.2, 0.25) is 0 Å². The second-order valence-corrected chi connectivity index (χ2v) is 10.9. The van der Waals surface area contributed by atoms with Crippen LogP contribution in [0, 0.1) is 0 Å². The van der Waals surface area contributed by atoms with Gasteiger partial charge in [-0.05, 0) is 49.7 Å². The summed E-state index contributed by atoms with van der Waals surface area (Å²) in [4.78, 5) is 32.2. The third-order valence-corrected chi connectivity index (χ3v) is 8.23. The van der Waals surface area contributed by atoms with Gasteiger partial charge in [0.1, 0.15) is 11.4 Å². The van der Waals surface area contributed by atoms with E-state index in [4.69, 9.17) is 9.47 Å². The second-order valence-electron chi connectivity index (χ2n) is 8.72. The Balaban J connectivity index is 1.48. The smallest absolute Gasteiger partial charge is 0.325 e. The highest BCUT2D eigenvalue weighted by Crippen LogP contribution is 2.38. The SMILES string of the molecule is CCn1c(CN2C(=O)N[C@@](C)(c3ccc4c(c3)OCO4)C2=O)nc2cc(S(=O)(=O)N(C)C)ccc21. The molecule has 0 saturated carbocycles. The van der Waals surface area contributed by atoms with Gasteiger partial charge in [-0.2, -0.15) is 0 Å². The molecule has 0 aliphatic carbocycles. The number of ether oxygens (including phenoxy) is 2. The first-order valence-electron chi connectivity index (χ1n) is 11.0. The number of carbonyl (C=O) groups excluding carboxylic acids is 2. The topological polar surface area (TPSA) is 123 Å². The lowest BCUT2D eigenvalue weighted by Crippen LogP contribution is -2.40. The molecule has 5 rings (SSSR count). The molecule has 2 aliphatic rings. The van der Waals surface area contributed by atoms with Crippen LogP contribution in [-0.4, -0.2) is 60.0 Å². The summed E-state index contributed by atoms with van der Waals surface area (Å²) in [6.07, 6.45) is 0. The number of benzene rings is 2. The zero-order chi connectivity index (χ0) is 25.1. The van der Waals surface area contributed by atoms with Gasteiger partial charge in [0.15, 0.2) is 11.5 Å². The lowest BCUT2D eigenvalue weighted by molar-refractivity contribution is -0.131. The molecule has 1 N–H and O–H groups in total. The molecule has 184 valence electrons. The fourth-order valence-corrected chi connectivity index (χ4v) is 5.31. The number of imide groups is 1. The molecule has 1 saturated heterocycles. The highest BCUT2D eigenvalue weighted by Gasteiger charge is 2.49. The quantitative estimate of drug-likeness (QED) is 0.515. The molecule has 2 aliphatic heterocycles. The van der Waals surface area contributed by atoms with Crippen molar-refractivity contribution in [2.75, 3.05) is 20.9 Å². The first-order chi connectivity index (χ1) is 16.6. The minimum atomic E-state index is -3.63. The second kappa shape index (κ2) is 7.95. The van der Waals surface area contributed by atoms with Gasteiger partial charge in [-0.25, -0.2) is 22.5 Å². The number of hydrogen-bond acceptors (Lipinski definition) is 7. The number of amides is 3. The Kier molecular flexibility index (Phi) is 5.25. The molecule has 35 heavy (non-hydrogen) atoms. The van der Waals surface area contributed by atoms with E-state index in [1.165, 1.54) is 26.2 Å². The first-order valence-corrected chi connectivity index (χ1v) is 12.5. The van der Waals surface area contributed by atoms with E-state index in [-0.39, 0.29) is 18.2 Å². The van der Waals surface area contributed by atoms with Crippen LogP contribution in [0.4, 0.5) is 4.79 Å². The van der Waals surface area contributed by atoms with Crippen LogP contribution in [0.1, 0.15) is 25.2 Å². The van der Waals surface area contributed by atoms with Gasteiger partial charge < -0.3 is 19.4 Å². The van der Waals surface area contributed by atoms with Crippen molar-refractivity contribution in [1.82, 2.24) is 24.1 Å². The number of imidazole rings is 1. The number of fused-ring (bicyclic) bond motifs is 2. The van der Waals surface area contributed by atoms with Crippen LogP contribution >= 0.6 is 0 Å². The number of hydrogen-bond donors (Lipinski definition) is 1. The number of nitrogens with zero attached hydrogens (tertiary/aromatic N) is 4. The summed E-state index contributed by atoms with van der Waals surface area (Å²) in [5.41, 5.74) is 0.472. The van der Waals surface area contributed by atoms with Crippen LogP contribution in [0.3, 0.4) is 0 Å².